The van der Waals surface area contributed by atoms with Crippen LogP contribution in [0.5, 0.6) is 0 Å². The van der Waals surface area contributed by atoms with E-state index in [1.807, 2.05) is 18.2 Å². The van der Waals surface area contributed by atoms with Gasteiger partial charge in [0.05, 0.1) is 18.8 Å². The standard InChI is InChI=1S/C19H21NO2/c1-3-7-15(8-4-1)13-20-12-11-18-17(20)14-21-19(22-18)16-9-5-2-6-10-16/h1-10,17-19H,11-14H2. The first kappa shape index (κ1) is 13.9. The predicted molar refractivity (Wildman–Crippen MR) is 85.3 cm³/mol. The minimum absolute atomic E-state index is 0.209. The van der Waals surface area contributed by atoms with Gasteiger partial charge in [-0.05, 0) is 12.0 Å². The predicted octanol–water partition coefficient (Wildman–Crippen LogP) is 3.38. The summed E-state index contributed by atoms with van der Waals surface area (Å²) < 4.78 is 12.2. The number of fused-ring (bicyclic) bond motifs is 1. The Labute approximate surface area is 131 Å². The summed E-state index contributed by atoms with van der Waals surface area (Å²) >= 11 is 0. The average Bonchev–Trinajstić information content (AvgIpc) is 2.99. The molecule has 0 N–H and O–H groups in total. The molecule has 3 unspecified atom stereocenters. The highest BCUT2D eigenvalue weighted by Crippen LogP contribution is 2.34. The summed E-state index contributed by atoms with van der Waals surface area (Å²) in [5, 5.41) is 0. The molecule has 0 spiro atoms. The number of benzene rings is 2. The van der Waals surface area contributed by atoms with Crippen LogP contribution in [0.1, 0.15) is 23.8 Å². The fourth-order valence-electron chi connectivity index (χ4n) is 3.44. The summed E-state index contributed by atoms with van der Waals surface area (Å²) in [5.74, 6) is 0. The van der Waals surface area contributed by atoms with Gasteiger partial charge in [-0.1, -0.05) is 60.7 Å². The zero-order valence-corrected chi connectivity index (χ0v) is 12.6. The molecule has 0 aliphatic carbocycles. The van der Waals surface area contributed by atoms with Gasteiger partial charge >= 0.3 is 0 Å². The first-order valence-corrected chi connectivity index (χ1v) is 8.00. The molecule has 2 aliphatic rings. The highest BCUT2D eigenvalue weighted by Gasteiger charge is 2.40. The highest BCUT2D eigenvalue weighted by molar-refractivity contribution is 5.17. The van der Waals surface area contributed by atoms with Gasteiger partial charge in [0.15, 0.2) is 6.29 Å². The minimum atomic E-state index is -0.209. The van der Waals surface area contributed by atoms with Crippen LogP contribution in [-0.4, -0.2) is 30.2 Å². The van der Waals surface area contributed by atoms with Crippen LogP contribution in [0.15, 0.2) is 60.7 Å². The number of hydrogen-bond donors (Lipinski definition) is 0. The molecule has 2 aromatic carbocycles. The normalized spacial score (nSPS) is 28.5. The molecule has 3 nitrogen and oxygen atoms in total. The largest absolute Gasteiger partial charge is 0.347 e. The molecule has 0 bridgehead atoms. The van der Waals surface area contributed by atoms with Crippen LogP contribution in [0, 0.1) is 0 Å². The SMILES string of the molecule is c1ccc(CN2CCC3OC(c4ccccc4)OCC32)cc1. The van der Waals surface area contributed by atoms with E-state index in [9.17, 15) is 0 Å². The lowest BCUT2D eigenvalue weighted by atomic mass is 10.1. The van der Waals surface area contributed by atoms with E-state index in [-0.39, 0.29) is 12.4 Å². The third-order valence-electron chi connectivity index (χ3n) is 4.62. The van der Waals surface area contributed by atoms with Crippen LogP contribution >= 0.6 is 0 Å². The average molecular weight is 295 g/mol. The van der Waals surface area contributed by atoms with Crippen molar-refractivity contribution >= 4 is 0 Å². The van der Waals surface area contributed by atoms with E-state index in [0.717, 1.165) is 31.7 Å². The molecule has 114 valence electrons. The van der Waals surface area contributed by atoms with E-state index in [4.69, 9.17) is 9.47 Å². The van der Waals surface area contributed by atoms with Crippen LogP contribution < -0.4 is 0 Å². The van der Waals surface area contributed by atoms with Crippen LogP contribution in [0.25, 0.3) is 0 Å². The van der Waals surface area contributed by atoms with Crippen molar-refractivity contribution in [1.82, 2.24) is 4.90 Å². The fraction of sp³-hybridized carbons (Fsp3) is 0.368. The van der Waals surface area contributed by atoms with Crippen LogP contribution in [0.3, 0.4) is 0 Å². The van der Waals surface area contributed by atoms with Gasteiger partial charge in [0.1, 0.15) is 0 Å². The Kier molecular flexibility index (Phi) is 3.94. The number of ether oxygens (including phenoxy) is 2. The lowest BCUT2D eigenvalue weighted by Crippen LogP contribution is -2.44. The molecule has 2 aliphatic heterocycles. The molecule has 0 amide bonds. The van der Waals surface area contributed by atoms with Crippen LogP contribution in [0.4, 0.5) is 0 Å². The highest BCUT2D eigenvalue weighted by atomic mass is 16.7. The molecule has 4 rings (SSSR count). The molecule has 2 saturated heterocycles. The molecular weight excluding hydrogens is 274 g/mol. The molecule has 2 fully saturated rings. The first-order valence-electron chi connectivity index (χ1n) is 8.00. The van der Waals surface area contributed by atoms with Crippen molar-refractivity contribution in [3.8, 4) is 0 Å². The summed E-state index contributed by atoms with van der Waals surface area (Å²) in [6.45, 7) is 2.80. The second-order valence-electron chi connectivity index (χ2n) is 6.06. The number of nitrogens with zero attached hydrogens (tertiary/aromatic N) is 1. The Bertz CT molecular complexity index is 601. The second kappa shape index (κ2) is 6.21. The Morgan fingerprint density at radius 2 is 1.68 bits per heavy atom. The third kappa shape index (κ3) is 2.80. The summed E-state index contributed by atoms with van der Waals surface area (Å²) in [4.78, 5) is 2.49. The Morgan fingerprint density at radius 1 is 0.955 bits per heavy atom. The van der Waals surface area contributed by atoms with E-state index in [1.54, 1.807) is 0 Å². The van der Waals surface area contributed by atoms with Gasteiger partial charge in [-0.25, -0.2) is 0 Å². The summed E-state index contributed by atoms with van der Waals surface area (Å²) in [7, 11) is 0. The lowest BCUT2D eigenvalue weighted by Gasteiger charge is -2.36. The third-order valence-corrected chi connectivity index (χ3v) is 4.62. The molecule has 22 heavy (non-hydrogen) atoms. The summed E-state index contributed by atoms with van der Waals surface area (Å²) in [6, 6.07) is 21.2. The van der Waals surface area contributed by atoms with Crippen molar-refractivity contribution in [2.75, 3.05) is 13.2 Å². The molecule has 3 heteroatoms. The second-order valence-corrected chi connectivity index (χ2v) is 6.06. The topological polar surface area (TPSA) is 21.7 Å². The first-order chi connectivity index (χ1) is 10.9. The van der Waals surface area contributed by atoms with E-state index >= 15 is 0 Å². The fourth-order valence-corrected chi connectivity index (χ4v) is 3.44. The number of rotatable bonds is 3. The quantitative estimate of drug-likeness (QED) is 0.866. The summed E-state index contributed by atoms with van der Waals surface area (Å²) in [5.41, 5.74) is 2.47. The maximum absolute atomic E-state index is 6.20. The van der Waals surface area contributed by atoms with Gasteiger partial charge in [-0.3, -0.25) is 4.90 Å². The van der Waals surface area contributed by atoms with Crippen molar-refractivity contribution in [3.05, 3.63) is 71.8 Å². The van der Waals surface area contributed by atoms with Crippen molar-refractivity contribution in [1.29, 1.82) is 0 Å². The van der Waals surface area contributed by atoms with Crippen molar-refractivity contribution < 1.29 is 9.47 Å². The smallest absolute Gasteiger partial charge is 0.184 e. The molecule has 0 radical (unpaired) electrons. The maximum atomic E-state index is 6.20. The van der Waals surface area contributed by atoms with Crippen LogP contribution in [0.2, 0.25) is 0 Å². The lowest BCUT2D eigenvalue weighted by molar-refractivity contribution is -0.230. The minimum Gasteiger partial charge on any atom is -0.347 e. The van der Waals surface area contributed by atoms with E-state index in [2.05, 4.69) is 47.4 Å². The van der Waals surface area contributed by atoms with Gasteiger partial charge < -0.3 is 9.47 Å². The van der Waals surface area contributed by atoms with Gasteiger partial charge in [0, 0.05) is 18.7 Å². The van der Waals surface area contributed by atoms with Crippen molar-refractivity contribution in [2.45, 2.75) is 31.4 Å². The maximum Gasteiger partial charge on any atom is 0.184 e. The van der Waals surface area contributed by atoms with E-state index in [1.165, 1.54) is 5.56 Å². The van der Waals surface area contributed by atoms with Crippen molar-refractivity contribution in [2.24, 2.45) is 0 Å². The number of hydrogen-bond acceptors (Lipinski definition) is 3. The molecular formula is C19H21NO2. The van der Waals surface area contributed by atoms with Crippen LogP contribution in [-0.2, 0) is 16.0 Å². The Morgan fingerprint density at radius 3 is 2.45 bits per heavy atom. The van der Waals surface area contributed by atoms with Gasteiger partial charge in [-0.15, -0.1) is 0 Å². The van der Waals surface area contributed by atoms with Gasteiger partial charge in [0.25, 0.3) is 0 Å². The van der Waals surface area contributed by atoms with Crippen molar-refractivity contribution in [3.63, 3.8) is 0 Å². The molecule has 0 aromatic heterocycles. The monoisotopic (exact) mass is 295 g/mol. The van der Waals surface area contributed by atoms with E-state index < -0.39 is 0 Å². The summed E-state index contributed by atoms with van der Waals surface area (Å²) in [6.07, 6.45) is 1.16. The zero-order chi connectivity index (χ0) is 14.8. The molecule has 2 heterocycles. The molecule has 3 atom stereocenters. The van der Waals surface area contributed by atoms with Gasteiger partial charge in [-0.2, -0.15) is 0 Å². The zero-order valence-electron chi connectivity index (χ0n) is 12.6. The number of likely N-dealkylation sites (tertiary alicyclic amines) is 1. The molecule has 2 aromatic rings. The Hall–Kier alpha value is -1.68. The Balaban J connectivity index is 1.42. The van der Waals surface area contributed by atoms with Gasteiger partial charge in [0.2, 0.25) is 0 Å². The molecule has 0 saturated carbocycles. The van der Waals surface area contributed by atoms with E-state index in [0.29, 0.717) is 6.04 Å².